The Hall–Kier alpha value is -4.63. The number of alkyl halides is 3. The second kappa shape index (κ2) is 10.8. The van der Waals surface area contributed by atoms with Gasteiger partial charge < -0.3 is 9.47 Å². The summed E-state index contributed by atoms with van der Waals surface area (Å²) in [4.78, 5) is 29.5. The third kappa shape index (κ3) is 5.84. The molecule has 13 heteroatoms. The highest BCUT2D eigenvalue weighted by atomic mass is 35.5. The molecule has 9 nitrogen and oxygen atoms in total. The van der Waals surface area contributed by atoms with Crippen LogP contribution in [0.15, 0.2) is 70.6 Å². The van der Waals surface area contributed by atoms with E-state index in [0.717, 1.165) is 26.9 Å². The first-order valence-electron chi connectivity index (χ1n) is 10.8. The largest absolute Gasteiger partial charge is 0.497 e. The number of rotatable bonds is 7. The number of nitrogens with zero attached hydrogens (tertiary/aromatic N) is 5. The molecule has 4 rings (SSSR count). The van der Waals surface area contributed by atoms with Gasteiger partial charge in [0.2, 0.25) is 5.75 Å². The maximum absolute atomic E-state index is 13.6. The molecule has 0 saturated carbocycles. The average Bonchev–Trinajstić information content (AvgIpc) is 2.88. The second-order valence-corrected chi connectivity index (χ2v) is 8.35. The van der Waals surface area contributed by atoms with E-state index in [4.69, 9.17) is 26.3 Å². The monoisotopic (exact) mass is 543 g/mol. The third-order valence-corrected chi connectivity index (χ3v) is 5.53. The number of hydrogen-bond donors (Lipinski definition) is 0. The highest BCUT2D eigenvalue weighted by molar-refractivity contribution is 6.30. The van der Waals surface area contributed by atoms with Crippen molar-refractivity contribution in [1.29, 1.82) is 5.26 Å². The van der Waals surface area contributed by atoms with Gasteiger partial charge in [-0.15, -0.1) is 0 Å². The molecule has 0 aliphatic rings. The Morgan fingerprint density at radius 1 is 1.03 bits per heavy atom. The Labute approximate surface area is 217 Å². The minimum atomic E-state index is -5.02. The number of nitriles is 1. The van der Waals surface area contributed by atoms with E-state index in [1.807, 2.05) is 0 Å². The number of ether oxygens (including phenoxy) is 2. The third-order valence-electron chi connectivity index (χ3n) is 5.31. The van der Waals surface area contributed by atoms with Crippen molar-refractivity contribution in [2.75, 3.05) is 7.11 Å². The van der Waals surface area contributed by atoms with Gasteiger partial charge in [-0.25, -0.2) is 9.67 Å². The molecule has 2 heterocycles. The Bertz CT molecular complexity index is 1640. The van der Waals surface area contributed by atoms with E-state index >= 15 is 0 Å². The van der Waals surface area contributed by atoms with Gasteiger partial charge >= 0.3 is 6.18 Å². The Morgan fingerprint density at radius 2 is 1.76 bits per heavy atom. The standard InChI is InChI=1S/C25H17ClF3N5O4/c1-37-19-4-2-15(3-5-19)12-34-23(35)17(6-7-32-34)13-33-14-31-22(25(27,28)29)21(24(33)36)38-20-9-16(11-30)8-18(26)10-20/h2-10,14H,12-13H2,1H3. The molecule has 0 radical (unpaired) electrons. The molecule has 2 aromatic carbocycles. The van der Waals surface area contributed by atoms with E-state index in [0.29, 0.717) is 12.1 Å². The van der Waals surface area contributed by atoms with Gasteiger partial charge in [0.1, 0.15) is 11.5 Å². The van der Waals surface area contributed by atoms with Crippen LogP contribution in [0.5, 0.6) is 17.2 Å². The molecule has 0 aliphatic carbocycles. The maximum atomic E-state index is 13.6. The summed E-state index contributed by atoms with van der Waals surface area (Å²) in [7, 11) is 1.53. The molecule has 0 aliphatic heterocycles. The van der Waals surface area contributed by atoms with Crippen molar-refractivity contribution in [3.05, 3.63) is 109 Å². The molecule has 0 fully saturated rings. The lowest BCUT2D eigenvalue weighted by atomic mass is 10.2. The molecule has 0 spiro atoms. The summed E-state index contributed by atoms with van der Waals surface area (Å²) in [6, 6.07) is 13.7. The zero-order valence-corrected chi connectivity index (χ0v) is 20.3. The van der Waals surface area contributed by atoms with Crippen molar-refractivity contribution in [1.82, 2.24) is 19.3 Å². The molecule has 0 amide bonds. The fraction of sp³-hybridized carbons (Fsp3) is 0.160. The highest BCUT2D eigenvalue weighted by Crippen LogP contribution is 2.35. The van der Waals surface area contributed by atoms with E-state index in [2.05, 4.69) is 10.1 Å². The molecule has 38 heavy (non-hydrogen) atoms. The van der Waals surface area contributed by atoms with Gasteiger partial charge in [0.25, 0.3) is 11.1 Å². The van der Waals surface area contributed by atoms with E-state index in [1.54, 1.807) is 30.3 Å². The summed E-state index contributed by atoms with van der Waals surface area (Å²) in [5.41, 5.74) is -2.46. The van der Waals surface area contributed by atoms with E-state index < -0.39 is 35.3 Å². The SMILES string of the molecule is COc1ccc(Cn2nccc(Cn3cnc(C(F)(F)F)c(Oc4cc(Cl)cc(C#N)c4)c3=O)c2=O)cc1. The second-order valence-electron chi connectivity index (χ2n) is 7.91. The number of benzene rings is 2. The summed E-state index contributed by atoms with van der Waals surface area (Å²) in [6.07, 6.45) is -2.99. The van der Waals surface area contributed by atoms with Crippen LogP contribution in [0.3, 0.4) is 0 Å². The fourth-order valence-corrected chi connectivity index (χ4v) is 3.72. The molecule has 194 valence electrons. The lowest BCUT2D eigenvalue weighted by Crippen LogP contribution is -2.31. The van der Waals surface area contributed by atoms with Gasteiger partial charge in [0.15, 0.2) is 5.69 Å². The molecule has 0 bridgehead atoms. The Morgan fingerprint density at radius 3 is 2.42 bits per heavy atom. The van der Waals surface area contributed by atoms with Crippen LogP contribution in [0.4, 0.5) is 13.2 Å². The quantitative estimate of drug-likeness (QED) is 0.343. The van der Waals surface area contributed by atoms with Crippen molar-refractivity contribution in [2.45, 2.75) is 19.3 Å². The van der Waals surface area contributed by atoms with Crippen molar-refractivity contribution in [3.8, 4) is 23.3 Å². The van der Waals surface area contributed by atoms with Crippen LogP contribution in [-0.2, 0) is 19.3 Å². The van der Waals surface area contributed by atoms with Crippen LogP contribution >= 0.6 is 11.6 Å². The van der Waals surface area contributed by atoms with Crippen molar-refractivity contribution in [2.24, 2.45) is 0 Å². The number of hydrogen-bond acceptors (Lipinski definition) is 7. The van der Waals surface area contributed by atoms with Crippen molar-refractivity contribution < 1.29 is 22.6 Å². The first-order valence-corrected chi connectivity index (χ1v) is 11.2. The lowest BCUT2D eigenvalue weighted by Gasteiger charge is -2.15. The molecule has 0 saturated heterocycles. The summed E-state index contributed by atoms with van der Waals surface area (Å²) < 4.78 is 53.3. The van der Waals surface area contributed by atoms with Gasteiger partial charge in [-0.2, -0.15) is 23.5 Å². The average molecular weight is 544 g/mol. The van der Waals surface area contributed by atoms with Crippen LogP contribution in [0.2, 0.25) is 5.02 Å². The maximum Gasteiger partial charge on any atom is 0.437 e. The molecule has 0 atom stereocenters. The number of aromatic nitrogens is 4. The summed E-state index contributed by atoms with van der Waals surface area (Å²) in [6.45, 7) is -0.287. The minimum Gasteiger partial charge on any atom is -0.497 e. The fourth-order valence-electron chi connectivity index (χ4n) is 3.49. The minimum absolute atomic E-state index is 0.0134. The molecular weight excluding hydrogens is 527 g/mol. The molecule has 0 unspecified atom stereocenters. The topological polar surface area (TPSA) is 112 Å². The molecule has 4 aromatic rings. The van der Waals surface area contributed by atoms with Crippen LogP contribution in [-0.4, -0.2) is 26.4 Å². The van der Waals surface area contributed by atoms with Gasteiger partial charge in [0.05, 0.1) is 38.2 Å². The van der Waals surface area contributed by atoms with Crippen LogP contribution in [0.1, 0.15) is 22.4 Å². The predicted molar refractivity (Wildman–Crippen MR) is 129 cm³/mol. The van der Waals surface area contributed by atoms with Crippen LogP contribution in [0, 0.1) is 11.3 Å². The molecular formula is C25H17ClF3N5O4. The van der Waals surface area contributed by atoms with Gasteiger partial charge in [0, 0.05) is 16.8 Å². The number of methoxy groups -OCH3 is 1. The Balaban J connectivity index is 1.70. The molecule has 0 N–H and O–H groups in total. The van der Waals surface area contributed by atoms with E-state index in [9.17, 15) is 22.8 Å². The van der Waals surface area contributed by atoms with E-state index in [1.165, 1.54) is 25.4 Å². The summed E-state index contributed by atoms with van der Waals surface area (Å²) in [5, 5.41) is 13.2. The predicted octanol–water partition coefficient (Wildman–Crippen LogP) is 4.24. The lowest BCUT2D eigenvalue weighted by molar-refractivity contribution is -0.142. The molecule has 2 aromatic heterocycles. The van der Waals surface area contributed by atoms with Crippen LogP contribution < -0.4 is 20.6 Å². The zero-order valence-electron chi connectivity index (χ0n) is 19.6. The summed E-state index contributed by atoms with van der Waals surface area (Å²) >= 11 is 5.91. The number of halogens is 4. The van der Waals surface area contributed by atoms with Gasteiger partial charge in [-0.05, 0) is 42.0 Å². The van der Waals surface area contributed by atoms with Crippen molar-refractivity contribution in [3.63, 3.8) is 0 Å². The van der Waals surface area contributed by atoms with Gasteiger partial charge in [-0.3, -0.25) is 14.2 Å². The zero-order chi connectivity index (χ0) is 27.4. The van der Waals surface area contributed by atoms with Gasteiger partial charge in [-0.1, -0.05) is 23.7 Å². The summed E-state index contributed by atoms with van der Waals surface area (Å²) in [5.74, 6) is -0.752. The first kappa shape index (κ1) is 26.4. The van der Waals surface area contributed by atoms with Crippen molar-refractivity contribution >= 4 is 11.6 Å². The Kier molecular flexibility index (Phi) is 7.50. The van der Waals surface area contributed by atoms with E-state index in [-0.39, 0.29) is 28.4 Å². The smallest absolute Gasteiger partial charge is 0.437 e. The van der Waals surface area contributed by atoms with Crippen LogP contribution in [0.25, 0.3) is 0 Å². The first-order chi connectivity index (χ1) is 18.1. The normalized spacial score (nSPS) is 11.2. The highest BCUT2D eigenvalue weighted by Gasteiger charge is 2.38.